The van der Waals surface area contributed by atoms with Crippen molar-refractivity contribution in [1.82, 2.24) is 10.6 Å². The van der Waals surface area contributed by atoms with Gasteiger partial charge in [0.25, 0.3) is 0 Å². The molecule has 0 aromatic heterocycles. The monoisotopic (exact) mass is 577 g/mol. The maximum Gasteiger partial charge on any atom is 0.405 e. The van der Waals surface area contributed by atoms with Gasteiger partial charge in [-0.15, -0.1) is 0 Å². The van der Waals surface area contributed by atoms with Gasteiger partial charge in [0.2, 0.25) is 5.91 Å². The number of benzene rings is 1. The quantitative estimate of drug-likeness (QED) is 0.178. The molecule has 0 bridgehead atoms. The van der Waals surface area contributed by atoms with E-state index in [1.807, 2.05) is 18.2 Å². The molecule has 4 N–H and O–H groups in total. The lowest BCUT2D eigenvalue weighted by Crippen LogP contribution is -2.53. The molecule has 0 aliphatic heterocycles. The summed E-state index contributed by atoms with van der Waals surface area (Å²) in [6.07, 6.45) is -0.651. The average molecular weight is 578 g/mol. The van der Waals surface area contributed by atoms with E-state index in [1.165, 1.54) is 0 Å². The highest BCUT2D eigenvalue weighted by molar-refractivity contribution is 14.1. The maximum absolute atomic E-state index is 12.4. The minimum atomic E-state index is -1.84. The van der Waals surface area contributed by atoms with Crippen LogP contribution in [-0.2, 0) is 20.6 Å². The topological polar surface area (TPSA) is 117 Å². The smallest absolute Gasteiger partial charge is 0.405 e. The molecule has 1 rings (SSSR count). The van der Waals surface area contributed by atoms with Crippen molar-refractivity contribution in [3.05, 3.63) is 27.3 Å². The zero-order valence-corrected chi connectivity index (χ0v) is 23.1. The lowest BCUT2D eigenvalue weighted by Gasteiger charge is -2.36. The molecule has 0 heterocycles. The second-order valence-corrected chi connectivity index (χ2v) is 15.6. The van der Waals surface area contributed by atoms with Crippen molar-refractivity contribution in [3.8, 4) is 0 Å². The summed E-state index contributed by atoms with van der Waals surface area (Å²) in [6.45, 7) is 15.3. The van der Waals surface area contributed by atoms with Gasteiger partial charge in [0, 0.05) is 15.8 Å². The van der Waals surface area contributed by atoms with Gasteiger partial charge in [-0.05, 0) is 64.3 Å². The summed E-state index contributed by atoms with van der Waals surface area (Å²) in [4.78, 5) is 34.8. The van der Waals surface area contributed by atoms with Crippen molar-refractivity contribution < 1.29 is 23.9 Å². The molecule has 10 heteroatoms. The number of amides is 2. The molecule has 0 saturated heterocycles. The van der Waals surface area contributed by atoms with Crippen LogP contribution in [-0.4, -0.2) is 50.3 Å². The van der Waals surface area contributed by atoms with Crippen LogP contribution < -0.4 is 16.0 Å². The van der Waals surface area contributed by atoms with Crippen LogP contribution in [0, 0.1) is 9.49 Å². The maximum atomic E-state index is 12.4. The molecule has 0 aliphatic carbocycles. The van der Waals surface area contributed by atoms with Gasteiger partial charge in [0.15, 0.2) is 8.32 Å². The Morgan fingerprint density at radius 2 is 1.84 bits per heavy atom. The van der Waals surface area contributed by atoms with Gasteiger partial charge < -0.3 is 30.3 Å². The predicted octanol–water partition coefficient (Wildman–Crippen LogP) is 4.20. The summed E-state index contributed by atoms with van der Waals surface area (Å²) in [5.41, 5.74) is 1.91. The number of rotatable bonds is 11. The first-order chi connectivity index (χ1) is 14.7. The summed E-state index contributed by atoms with van der Waals surface area (Å²) < 4.78 is 7.35. The van der Waals surface area contributed by atoms with E-state index in [4.69, 9.17) is 9.53 Å². The number of anilines is 1. The molecule has 0 aliphatic rings. The minimum Gasteiger partial charge on any atom is -0.465 e. The van der Waals surface area contributed by atoms with Gasteiger partial charge in [-0.25, -0.2) is 4.79 Å². The Bertz CT molecular complexity index is 811. The molecule has 0 radical (unpaired) electrons. The van der Waals surface area contributed by atoms with Crippen LogP contribution >= 0.6 is 22.6 Å². The minimum absolute atomic E-state index is 0.142. The standard InChI is InChI=1S/C22H36IN3O5Si/c1-14(2)19(26-21(29)30)20(28)25-17(12-27)11-24-16-9-8-15(18(23)10-16)13-31-32(6,7)22(3,4)5/h8-10,12,14,17,19,24,26H,11,13H2,1-7H3,(H,25,28)(H,29,30)/t17-,19-/m0/s1. The molecule has 0 spiro atoms. The molecule has 2 amide bonds. The fourth-order valence-corrected chi connectivity index (χ4v) is 4.17. The Morgan fingerprint density at radius 1 is 1.22 bits per heavy atom. The molecule has 0 saturated carbocycles. The first-order valence-electron chi connectivity index (χ1n) is 10.6. The number of carbonyl (C=O) groups excluding carboxylic acids is 2. The number of hydrogen-bond acceptors (Lipinski definition) is 5. The zero-order chi connectivity index (χ0) is 24.7. The Kier molecular flexibility index (Phi) is 10.6. The summed E-state index contributed by atoms with van der Waals surface area (Å²) in [7, 11) is -1.84. The van der Waals surface area contributed by atoms with E-state index in [1.54, 1.807) is 13.8 Å². The van der Waals surface area contributed by atoms with Crippen LogP contribution in [0.2, 0.25) is 18.1 Å². The van der Waals surface area contributed by atoms with Crippen molar-refractivity contribution >= 4 is 54.9 Å². The molecule has 32 heavy (non-hydrogen) atoms. The van der Waals surface area contributed by atoms with Crippen molar-refractivity contribution in [2.24, 2.45) is 5.92 Å². The number of carboxylic acid groups (broad SMARTS) is 1. The van der Waals surface area contributed by atoms with Crippen molar-refractivity contribution in [2.75, 3.05) is 11.9 Å². The SMILES string of the molecule is CC(C)[C@H](NC(=O)O)C(=O)N[C@H](C=O)CNc1ccc(CO[Si](C)(C)C(C)(C)C)c(I)c1. The first kappa shape index (κ1) is 28.4. The summed E-state index contributed by atoms with van der Waals surface area (Å²) in [5, 5.41) is 17.0. The highest BCUT2D eigenvalue weighted by Gasteiger charge is 2.37. The fraction of sp³-hybridized carbons (Fsp3) is 0.591. The van der Waals surface area contributed by atoms with Crippen LogP contribution in [0.5, 0.6) is 0 Å². The highest BCUT2D eigenvalue weighted by Crippen LogP contribution is 2.37. The van der Waals surface area contributed by atoms with Crippen LogP contribution in [0.25, 0.3) is 0 Å². The summed E-state index contributed by atoms with van der Waals surface area (Å²) in [5.74, 6) is -0.789. The average Bonchev–Trinajstić information content (AvgIpc) is 2.67. The molecule has 0 fully saturated rings. The number of carbonyl (C=O) groups is 3. The van der Waals surface area contributed by atoms with Crippen LogP contribution in [0.3, 0.4) is 0 Å². The van der Waals surface area contributed by atoms with Gasteiger partial charge in [-0.1, -0.05) is 40.7 Å². The van der Waals surface area contributed by atoms with Crippen molar-refractivity contribution in [2.45, 2.75) is 71.4 Å². The second-order valence-electron chi connectivity index (χ2n) is 9.66. The molecular formula is C22H36IN3O5Si. The number of hydrogen-bond donors (Lipinski definition) is 4. The molecule has 180 valence electrons. The second kappa shape index (κ2) is 12.0. The van der Waals surface area contributed by atoms with Gasteiger partial charge >= 0.3 is 6.09 Å². The molecular weight excluding hydrogens is 541 g/mol. The summed E-state index contributed by atoms with van der Waals surface area (Å²) >= 11 is 2.26. The highest BCUT2D eigenvalue weighted by atomic mass is 127. The first-order valence-corrected chi connectivity index (χ1v) is 14.6. The lowest BCUT2D eigenvalue weighted by atomic mass is 10.0. The molecule has 1 aromatic rings. The van der Waals surface area contributed by atoms with E-state index in [0.717, 1.165) is 14.8 Å². The van der Waals surface area contributed by atoms with Gasteiger partial charge in [0.1, 0.15) is 18.4 Å². The largest absolute Gasteiger partial charge is 0.465 e. The predicted molar refractivity (Wildman–Crippen MR) is 137 cm³/mol. The molecule has 0 unspecified atom stereocenters. The Morgan fingerprint density at radius 3 is 2.31 bits per heavy atom. The normalized spacial score (nSPS) is 13.9. The van der Waals surface area contributed by atoms with Crippen LogP contribution in [0.4, 0.5) is 10.5 Å². The van der Waals surface area contributed by atoms with Crippen LogP contribution in [0.1, 0.15) is 40.2 Å². The van der Waals surface area contributed by atoms with E-state index >= 15 is 0 Å². The number of aldehydes is 1. The van der Waals surface area contributed by atoms with E-state index in [9.17, 15) is 14.4 Å². The lowest BCUT2D eigenvalue weighted by molar-refractivity contribution is -0.126. The zero-order valence-electron chi connectivity index (χ0n) is 19.9. The third kappa shape index (κ3) is 8.70. The van der Waals surface area contributed by atoms with E-state index in [0.29, 0.717) is 12.9 Å². The Labute approximate surface area is 205 Å². The van der Waals surface area contributed by atoms with E-state index < -0.39 is 32.4 Å². The van der Waals surface area contributed by atoms with E-state index in [-0.39, 0.29) is 17.5 Å². The van der Waals surface area contributed by atoms with Gasteiger partial charge in [-0.2, -0.15) is 0 Å². The van der Waals surface area contributed by atoms with Crippen LogP contribution in [0.15, 0.2) is 18.2 Å². The number of halogens is 1. The fourth-order valence-electron chi connectivity index (χ4n) is 2.55. The van der Waals surface area contributed by atoms with E-state index in [2.05, 4.69) is 72.4 Å². The third-order valence-electron chi connectivity index (χ3n) is 5.69. The third-order valence-corrected chi connectivity index (χ3v) is 11.2. The van der Waals surface area contributed by atoms with Gasteiger partial charge in [0.05, 0.1) is 6.61 Å². The van der Waals surface area contributed by atoms with Gasteiger partial charge in [-0.3, -0.25) is 4.79 Å². The molecule has 1 aromatic carbocycles. The Balaban J connectivity index is 2.72. The summed E-state index contributed by atoms with van der Waals surface area (Å²) in [6, 6.07) is 4.16. The number of nitrogens with one attached hydrogen (secondary N) is 3. The van der Waals surface area contributed by atoms with Crippen molar-refractivity contribution in [1.29, 1.82) is 0 Å². The van der Waals surface area contributed by atoms with Crippen molar-refractivity contribution in [3.63, 3.8) is 0 Å². The Hall–Kier alpha value is -1.66. The molecule has 8 nitrogen and oxygen atoms in total. The molecule has 2 atom stereocenters.